The van der Waals surface area contributed by atoms with Crippen LogP contribution >= 0.6 is 11.8 Å². The second kappa shape index (κ2) is 6.13. The Kier molecular flexibility index (Phi) is 4.49. The fraction of sp³-hybridized carbons (Fsp3) is 0.333. The van der Waals surface area contributed by atoms with Crippen LogP contribution in [0.1, 0.15) is 31.0 Å². The highest BCUT2D eigenvalue weighted by Gasteiger charge is 2.29. The Hall–Kier alpha value is -1.75. The van der Waals surface area contributed by atoms with Crippen LogP contribution in [0.3, 0.4) is 0 Å². The van der Waals surface area contributed by atoms with Gasteiger partial charge in [0.25, 0.3) is 0 Å². The summed E-state index contributed by atoms with van der Waals surface area (Å²) in [6.45, 7) is 5.82. The molecule has 106 valence electrons. The van der Waals surface area contributed by atoms with Gasteiger partial charge in [0.15, 0.2) is 5.17 Å². The Bertz CT molecular complexity index is 593. The van der Waals surface area contributed by atoms with Crippen LogP contribution in [0.25, 0.3) is 0 Å². The molecule has 0 saturated heterocycles. The second-order valence-electron chi connectivity index (χ2n) is 4.60. The van der Waals surface area contributed by atoms with E-state index in [2.05, 4.69) is 10.3 Å². The quantitative estimate of drug-likeness (QED) is 0.898. The van der Waals surface area contributed by atoms with E-state index in [0.29, 0.717) is 11.3 Å². The molecule has 1 aliphatic heterocycles. The van der Waals surface area contributed by atoms with E-state index in [-0.39, 0.29) is 0 Å². The topological polar surface area (TPSA) is 61.7 Å². The van der Waals surface area contributed by atoms with Gasteiger partial charge in [0.1, 0.15) is 6.04 Å². The standard InChI is InChI=1S/C15H18N2O2S/c1-4-20-15-16-10(3)12(14(18)19)13(17-15)11-8-6-5-7-9(11)2/h5-8,13H,4H2,1-3H3,(H,16,17)(H,18,19). The lowest BCUT2D eigenvalue weighted by Gasteiger charge is -2.25. The lowest BCUT2D eigenvalue weighted by molar-refractivity contribution is -0.133. The summed E-state index contributed by atoms with van der Waals surface area (Å²) in [6, 6.07) is 7.35. The molecule has 1 atom stereocenters. The zero-order chi connectivity index (χ0) is 14.7. The zero-order valence-electron chi connectivity index (χ0n) is 11.8. The van der Waals surface area contributed by atoms with Crippen LogP contribution in [0.5, 0.6) is 0 Å². The Balaban J connectivity index is 2.51. The van der Waals surface area contributed by atoms with Gasteiger partial charge < -0.3 is 10.4 Å². The number of hydrogen-bond donors (Lipinski definition) is 2. The number of nitrogens with one attached hydrogen (secondary N) is 1. The molecule has 20 heavy (non-hydrogen) atoms. The minimum atomic E-state index is -0.924. The molecule has 0 aromatic heterocycles. The van der Waals surface area contributed by atoms with Crippen molar-refractivity contribution in [2.24, 2.45) is 4.99 Å². The first-order valence-electron chi connectivity index (χ1n) is 6.51. The maximum atomic E-state index is 11.6. The van der Waals surface area contributed by atoms with Crippen LogP contribution in [0, 0.1) is 6.92 Å². The van der Waals surface area contributed by atoms with Crippen LogP contribution in [0.4, 0.5) is 0 Å². The van der Waals surface area contributed by atoms with Crippen molar-refractivity contribution < 1.29 is 9.90 Å². The molecule has 0 fully saturated rings. The van der Waals surface area contributed by atoms with Crippen molar-refractivity contribution >= 4 is 22.9 Å². The van der Waals surface area contributed by atoms with Gasteiger partial charge in [0, 0.05) is 5.70 Å². The number of thioether (sulfide) groups is 1. The first-order valence-corrected chi connectivity index (χ1v) is 7.50. The van der Waals surface area contributed by atoms with E-state index in [4.69, 9.17) is 0 Å². The van der Waals surface area contributed by atoms with Gasteiger partial charge in [-0.3, -0.25) is 0 Å². The number of rotatable bonds is 3. The van der Waals surface area contributed by atoms with E-state index >= 15 is 0 Å². The van der Waals surface area contributed by atoms with Gasteiger partial charge in [-0.15, -0.1) is 0 Å². The monoisotopic (exact) mass is 290 g/mol. The molecule has 1 aliphatic rings. The molecule has 0 bridgehead atoms. The second-order valence-corrected chi connectivity index (χ2v) is 5.85. The maximum absolute atomic E-state index is 11.6. The molecular formula is C15H18N2O2S. The molecule has 4 nitrogen and oxygen atoms in total. The van der Waals surface area contributed by atoms with Crippen LogP contribution in [-0.4, -0.2) is 22.0 Å². The average molecular weight is 290 g/mol. The lowest BCUT2D eigenvalue weighted by Crippen LogP contribution is -2.30. The first kappa shape index (κ1) is 14.7. The van der Waals surface area contributed by atoms with Crippen molar-refractivity contribution in [1.82, 2.24) is 5.32 Å². The molecule has 0 saturated carbocycles. The molecule has 1 heterocycles. The van der Waals surface area contributed by atoms with E-state index in [1.54, 1.807) is 18.7 Å². The first-order chi connectivity index (χ1) is 9.54. The van der Waals surface area contributed by atoms with Crippen LogP contribution in [-0.2, 0) is 4.79 Å². The average Bonchev–Trinajstić information content (AvgIpc) is 2.38. The summed E-state index contributed by atoms with van der Waals surface area (Å²) in [5.41, 5.74) is 2.98. The van der Waals surface area contributed by atoms with Gasteiger partial charge in [-0.2, -0.15) is 0 Å². The molecule has 2 rings (SSSR count). The number of carboxylic acids is 1. The van der Waals surface area contributed by atoms with E-state index in [0.717, 1.165) is 22.0 Å². The molecule has 1 aromatic rings. The molecule has 1 unspecified atom stereocenters. The molecule has 2 N–H and O–H groups in total. The predicted molar refractivity (Wildman–Crippen MR) is 83.0 cm³/mol. The largest absolute Gasteiger partial charge is 0.478 e. The van der Waals surface area contributed by atoms with E-state index in [1.165, 1.54) is 0 Å². The van der Waals surface area contributed by atoms with E-state index in [1.807, 2.05) is 38.1 Å². The number of allylic oxidation sites excluding steroid dienone is 1. The van der Waals surface area contributed by atoms with Gasteiger partial charge in [-0.25, -0.2) is 9.79 Å². The molecule has 1 aromatic carbocycles. The Morgan fingerprint density at radius 2 is 2.10 bits per heavy atom. The molecule has 5 heteroatoms. The van der Waals surface area contributed by atoms with Crippen molar-refractivity contribution in [3.8, 4) is 0 Å². The highest BCUT2D eigenvalue weighted by Crippen LogP contribution is 2.33. The predicted octanol–water partition coefficient (Wildman–Crippen LogP) is 3.11. The van der Waals surface area contributed by atoms with E-state index in [9.17, 15) is 9.90 Å². The number of aliphatic imine (C=N–C) groups is 1. The highest BCUT2D eigenvalue weighted by molar-refractivity contribution is 8.13. The van der Waals surface area contributed by atoms with E-state index < -0.39 is 12.0 Å². The summed E-state index contributed by atoms with van der Waals surface area (Å²) in [4.78, 5) is 16.1. The van der Waals surface area contributed by atoms with Gasteiger partial charge in [-0.05, 0) is 30.7 Å². The van der Waals surface area contributed by atoms with Crippen molar-refractivity contribution in [3.05, 3.63) is 46.7 Å². The van der Waals surface area contributed by atoms with Gasteiger partial charge in [0.05, 0.1) is 5.57 Å². The summed E-state index contributed by atoms with van der Waals surface area (Å²) in [5.74, 6) is -0.0327. The van der Waals surface area contributed by atoms with Crippen LogP contribution in [0.15, 0.2) is 40.5 Å². The number of nitrogens with zero attached hydrogens (tertiary/aromatic N) is 1. The summed E-state index contributed by atoms with van der Waals surface area (Å²) >= 11 is 1.59. The number of aryl methyl sites for hydroxylation is 1. The Morgan fingerprint density at radius 3 is 2.70 bits per heavy atom. The molecule has 0 aliphatic carbocycles. The summed E-state index contributed by atoms with van der Waals surface area (Å²) in [6.07, 6.45) is 0. The van der Waals surface area contributed by atoms with Crippen molar-refractivity contribution in [1.29, 1.82) is 0 Å². The molecule has 0 radical (unpaired) electrons. The summed E-state index contributed by atoms with van der Waals surface area (Å²) in [5, 5.41) is 13.3. The third-order valence-electron chi connectivity index (χ3n) is 3.21. The highest BCUT2D eigenvalue weighted by atomic mass is 32.2. The number of amidine groups is 1. The smallest absolute Gasteiger partial charge is 0.335 e. The third-order valence-corrected chi connectivity index (χ3v) is 3.98. The summed E-state index contributed by atoms with van der Waals surface area (Å²) < 4.78 is 0. The maximum Gasteiger partial charge on any atom is 0.335 e. The fourth-order valence-corrected chi connectivity index (χ4v) is 2.93. The molecular weight excluding hydrogens is 272 g/mol. The molecule has 0 amide bonds. The van der Waals surface area contributed by atoms with Crippen molar-refractivity contribution in [2.75, 3.05) is 5.75 Å². The fourth-order valence-electron chi connectivity index (χ4n) is 2.25. The van der Waals surface area contributed by atoms with Crippen LogP contribution < -0.4 is 5.32 Å². The zero-order valence-corrected chi connectivity index (χ0v) is 12.6. The van der Waals surface area contributed by atoms with Crippen molar-refractivity contribution in [2.45, 2.75) is 26.8 Å². The third kappa shape index (κ3) is 2.88. The van der Waals surface area contributed by atoms with Gasteiger partial charge in [0.2, 0.25) is 0 Å². The number of aliphatic carboxylic acids is 1. The Labute approximate surface area is 123 Å². The van der Waals surface area contributed by atoms with Gasteiger partial charge in [-0.1, -0.05) is 43.0 Å². The minimum absolute atomic E-state index is 0.319. The number of benzene rings is 1. The van der Waals surface area contributed by atoms with Crippen molar-refractivity contribution in [3.63, 3.8) is 0 Å². The lowest BCUT2D eigenvalue weighted by atomic mass is 9.93. The summed E-state index contributed by atoms with van der Waals surface area (Å²) in [7, 11) is 0. The SMILES string of the molecule is CCSC1=NC(c2ccccc2C)C(C(=O)O)=C(C)N1. The number of hydrogen-bond acceptors (Lipinski definition) is 4. The van der Waals surface area contributed by atoms with Crippen LogP contribution in [0.2, 0.25) is 0 Å². The van der Waals surface area contributed by atoms with Gasteiger partial charge >= 0.3 is 5.97 Å². The Morgan fingerprint density at radius 1 is 1.40 bits per heavy atom. The minimum Gasteiger partial charge on any atom is -0.478 e. The number of carbonyl (C=O) groups is 1. The molecule has 0 spiro atoms. The number of carboxylic acid groups (broad SMARTS) is 1. The normalized spacial score (nSPS) is 18.6.